The van der Waals surface area contributed by atoms with Crippen molar-refractivity contribution in [2.24, 2.45) is 0 Å². The molecule has 2 aromatic heterocycles. The lowest BCUT2D eigenvalue weighted by Gasteiger charge is -2.12. The Labute approximate surface area is 167 Å². The monoisotopic (exact) mass is 385 g/mol. The van der Waals surface area contributed by atoms with Gasteiger partial charge in [0.05, 0.1) is 11.3 Å². The smallest absolute Gasteiger partial charge is 0.259 e. The Morgan fingerprint density at radius 3 is 2.59 bits per heavy atom. The number of aromatic nitrogens is 2. The molecule has 0 unspecified atom stereocenters. The predicted octanol–water partition coefficient (Wildman–Crippen LogP) is 3.83. The first-order valence-electron chi connectivity index (χ1n) is 9.18. The standard InChI is InChI=1S/C23H19N3O3/c1-16-8-7-13-21-24-18(14-22(27)26(16)21)15-29-20-12-6-5-11-19(20)23(28)25-17-9-3-2-4-10-17/h2-14H,15H2,1H3,(H,25,28). The molecule has 0 aliphatic heterocycles. The fraction of sp³-hybridized carbons (Fsp3) is 0.0870. The molecule has 0 aliphatic rings. The molecule has 6 nitrogen and oxygen atoms in total. The second-order valence-electron chi connectivity index (χ2n) is 6.55. The van der Waals surface area contributed by atoms with E-state index in [4.69, 9.17) is 4.74 Å². The number of para-hydroxylation sites is 2. The van der Waals surface area contributed by atoms with E-state index in [9.17, 15) is 9.59 Å². The number of anilines is 1. The molecule has 0 bridgehead atoms. The summed E-state index contributed by atoms with van der Waals surface area (Å²) < 4.78 is 7.39. The largest absolute Gasteiger partial charge is 0.486 e. The van der Waals surface area contributed by atoms with E-state index in [-0.39, 0.29) is 18.1 Å². The van der Waals surface area contributed by atoms with Crippen molar-refractivity contribution < 1.29 is 9.53 Å². The highest BCUT2D eigenvalue weighted by atomic mass is 16.5. The molecule has 0 atom stereocenters. The molecule has 6 heteroatoms. The van der Waals surface area contributed by atoms with E-state index < -0.39 is 0 Å². The van der Waals surface area contributed by atoms with Gasteiger partial charge >= 0.3 is 0 Å². The molecular formula is C23H19N3O3. The van der Waals surface area contributed by atoms with Gasteiger partial charge in [-0.2, -0.15) is 0 Å². The number of carbonyl (C=O) groups excluding carboxylic acids is 1. The quantitative estimate of drug-likeness (QED) is 0.567. The van der Waals surface area contributed by atoms with Crippen molar-refractivity contribution in [2.45, 2.75) is 13.5 Å². The summed E-state index contributed by atoms with van der Waals surface area (Å²) in [6.45, 7) is 1.93. The van der Waals surface area contributed by atoms with Gasteiger partial charge in [-0.05, 0) is 43.3 Å². The van der Waals surface area contributed by atoms with Crippen LogP contribution in [0.25, 0.3) is 5.65 Å². The Morgan fingerprint density at radius 2 is 1.76 bits per heavy atom. The number of benzene rings is 2. The number of amides is 1. The van der Waals surface area contributed by atoms with Crippen molar-refractivity contribution in [3.63, 3.8) is 0 Å². The van der Waals surface area contributed by atoms with E-state index in [1.807, 2.05) is 49.4 Å². The van der Waals surface area contributed by atoms with Crippen molar-refractivity contribution in [1.82, 2.24) is 9.38 Å². The SMILES string of the molecule is Cc1cccc2nc(COc3ccccc3C(=O)Nc3ccccc3)cc(=O)n12. The van der Waals surface area contributed by atoms with Crippen LogP contribution in [0.2, 0.25) is 0 Å². The number of aryl methyl sites for hydroxylation is 1. The van der Waals surface area contributed by atoms with Gasteiger partial charge in [0.25, 0.3) is 11.5 Å². The lowest BCUT2D eigenvalue weighted by molar-refractivity contribution is 0.102. The third kappa shape index (κ3) is 4.01. The maximum absolute atomic E-state index is 12.7. The summed E-state index contributed by atoms with van der Waals surface area (Å²) in [5.74, 6) is 0.154. The molecule has 1 amide bonds. The number of hydrogen-bond acceptors (Lipinski definition) is 4. The van der Waals surface area contributed by atoms with Gasteiger partial charge in [-0.25, -0.2) is 4.98 Å². The first-order valence-corrected chi connectivity index (χ1v) is 9.18. The second kappa shape index (κ2) is 7.98. The van der Waals surface area contributed by atoms with Gasteiger partial charge in [-0.15, -0.1) is 0 Å². The van der Waals surface area contributed by atoms with Crippen LogP contribution in [0.4, 0.5) is 5.69 Å². The first-order chi connectivity index (χ1) is 14.1. The number of nitrogens with one attached hydrogen (secondary N) is 1. The van der Waals surface area contributed by atoms with Crippen LogP contribution in [-0.2, 0) is 6.61 Å². The highest BCUT2D eigenvalue weighted by Crippen LogP contribution is 2.21. The summed E-state index contributed by atoms with van der Waals surface area (Å²) in [5.41, 5.74) is 2.82. The van der Waals surface area contributed by atoms with Crippen LogP contribution < -0.4 is 15.6 Å². The third-order valence-corrected chi connectivity index (χ3v) is 4.47. The van der Waals surface area contributed by atoms with E-state index >= 15 is 0 Å². The van der Waals surface area contributed by atoms with Gasteiger partial charge in [0.1, 0.15) is 18.0 Å². The molecule has 4 aromatic rings. The molecular weight excluding hydrogens is 366 g/mol. The van der Waals surface area contributed by atoms with Crippen molar-refractivity contribution >= 4 is 17.2 Å². The van der Waals surface area contributed by atoms with E-state index in [0.29, 0.717) is 28.3 Å². The summed E-state index contributed by atoms with van der Waals surface area (Å²) in [6, 6.07) is 23.1. The van der Waals surface area contributed by atoms with E-state index in [0.717, 1.165) is 5.69 Å². The molecule has 29 heavy (non-hydrogen) atoms. The summed E-state index contributed by atoms with van der Waals surface area (Å²) in [5, 5.41) is 2.85. The van der Waals surface area contributed by atoms with Crippen LogP contribution in [0.3, 0.4) is 0 Å². The highest BCUT2D eigenvalue weighted by molar-refractivity contribution is 6.06. The number of hydrogen-bond donors (Lipinski definition) is 1. The summed E-state index contributed by atoms with van der Waals surface area (Å²) in [4.78, 5) is 29.6. The first kappa shape index (κ1) is 18.4. The fourth-order valence-corrected chi connectivity index (χ4v) is 3.09. The van der Waals surface area contributed by atoms with Crippen molar-refractivity contribution in [3.05, 3.63) is 106 Å². The average Bonchev–Trinajstić information content (AvgIpc) is 2.73. The van der Waals surface area contributed by atoms with E-state index in [1.165, 1.54) is 6.07 Å². The van der Waals surface area contributed by atoms with Crippen LogP contribution in [0.1, 0.15) is 21.7 Å². The van der Waals surface area contributed by atoms with E-state index in [2.05, 4.69) is 10.3 Å². The van der Waals surface area contributed by atoms with Gasteiger partial charge in [0.15, 0.2) is 0 Å². The Balaban J connectivity index is 1.56. The molecule has 144 valence electrons. The van der Waals surface area contributed by atoms with Crippen molar-refractivity contribution in [2.75, 3.05) is 5.32 Å². The molecule has 0 saturated carbocycles. The lowest BCUT2D eigenvalue weighted by atomic mass is 10.2. The Morgan fingerprint density at radius 1 is 1.00 bits per heavy atom. The zero-order valence-corrected chi connectivity index (χ0v) is 15.8. The lowest BCUT2D eigenvalue weighted by Crippen LogP contribution is -2.18. The normalized spacial score (nSPS) is 10.7. The van der Waals surface area contributed by atoms with Crippen LogP contribution in [0.15, 0.2) is 83.7 Å². The molecule has 0 saturated heterocycles. The number of nitrogens with zero attached hydrogens (tertiary/aromatic N) is 2. The van der Waals surface area contributed by atoms with E-state index in [1.54, 1.807) is 34.7 Å². The zero-order valence-electron chi connectivity index (χ0n) is 15.8. The number of carbonyl (C=O) groups is 1. The molecule has 2 heterocycles. The van der Waals surface area contributed by atoms with Crippen LogP contribution in [0, 0.1) is 6.92 Å². The maximum Gasteiger partial charge on any atom is 0.259 e. The fourth-order valence-electron chi connectivity index (χ4n) is 3.09. The topological polar surface area (TPSA) is 72.7 Å². The summed E-state index contributed by atoms with van der Waals surface area (Å²) in [6.07, 6.45) is 0. The van der Waals surface area contributed by atoms with Crippen molar-refractivity contribution in [1.29, 1.82) is 0 Å². The maximum atomic E-state index is 12.7. The second-order valence-corrected chi connectivity index (χ2v) is 6.55. The number of rotatable bonds is 5. The van der Waals surface area contributed by atoms with Crippen LogP contribution in [0.5, 0.6) is 5.75 Å². The molecule has 0 radical (unpaired) electrons. The Hall–Kier alpha value is -3.93. The molecule has 0 fully saturated rings. The minimum Gasteiger partial charge on any atom is -0.486 e. The minimum atomic E-state index is -0.269. The predicted molar refractivity (Wildman–Crippen MR) is 111 cm³/mol. The average molecular weight is 385 g/mol. The van der Waals surface area contributed by atoms with Gasteiger partial charge in [0, 0.05) is 17.4 Å². The van der Waals surface area contributed by atoms with Gasteiger partial charge in [-0.3, -0.25) is 14.0 Å². The van der Waals surface area contributed by atoms with Crippen LogP contribution in [-0.4, -0.2) is 15.3 Å². The molecule has 1 N–H and O–H groups in total. The third-order valence-electron chi connectivity index (χ3n) is 4.47. The molecule has 0 spiro atoms. The summed E-state index contributed by atoms with van der Waals surface area (Å²) in [7, 11) is 0. The van der Waals surface area contributed by atoms with Gasteiger partial charge < -0.3 is 10.1 Å². The summed E-state index contributed by atoms with van der Waals surface area (Å²) >= 11 is 0. The number of pyridine rings is 1. The van der Waals surface area contributed by atoms with Gasteiger partial charge in [0.2, 0.25) is 0 Å². The highest BCUT2D eigenvalue weighted by Gasteiger charge is 2.13. The Kier molecular flexibility index (Phi) is 5.07. The number of ether oxygens (including phenoxy) is 1. The Bertz CT molecular complexity index is 1230. The molecule has 2 aromatic carbocycles. The van der Waals surface area contributed by atoms with Gasteiger partial charge in [-0.1, -0.05) is 36.4 Å². The molecule has 0 aliphatic carbocycles. The number of fused-ring (bicyclic) bond motifs is 1. The zero-order chi connectivity index (χ0) is 20.2. The van der Waals surface area contributed by atoms with Crippen LogP contribution >= 0.6 is 0 Å². The minimum absolute atomic E-state index is 0.0787. The van der Waals surface area contributed by atoms with Crippen molar-refractivity contribution in [3.8, 4) is 5.75 Å². The molecule has 4 rings (SSSR count).